The fourth-order valence-corrected chi connectivity index (χ4v) is 5.97. The molecule has 0 aliphatic heterocycles. The van der Waals surface area contributed by atoms with Gasteiger partial charge in [-0.2, -0.15) is 0 Å². The molecule has 0 atom stereocenters. The van der Waals surface area contributed by atoms with Gasteiger partial charge in [0.25, 0.3) is 0 Å². The molecule has 8 heteroatoms. The summed E-state index contributed by atoms with van der Waals surface area (Å²) in [5, 5.41) is 8.53. The molecule has 29 heavy (non-hydrogen) atoms. The minimum atomic E-state index is -0.343. The van der Waals surface area contributed by atoms with E-state index in [0.717, 1.165) is 43.4 Å². The molecule has 0 saturated carbocycles. The Labute approximate surface area is 180 Å². The van der Waals surface area contributed by atoms with Crippen molar-refractivity contribution in [3.05, 3.63) is 37.4 Å². The monoisotopic (exact) mass is 435 g/mol. The van der Waals surface area contributed by atoms with Crippen LogP contribution in [-0.4, -0.2) is 37.6 Å². The molecule has 1 aliphatic carbocycles. The fraction of sp³-hybridized carbons (Fsp3) is 0.524. The number of urea groups is 1. The highest BCUT2D eigenvalue weighted by Crippen LogP contribution is 2.38. The number of nitrogens with zero attached hydrogens (tertiary/aromatic N) is 1. The minimum Gasteiger partial charge on any atom is -0.462 e. The first-order valence-corrected chi connectivity index (χ1v) is 11.7. The molecule has 6 nitrogen and oxygen atoms in total. The largest absolute Gasteiger partial charge is 0.462 e. The van der Waals surface area contributed by atoms with Crippen molar-refractivity contribution in [3.63, 3.8) is 0 Å². The Bertz CT molecular complexity index is 886. The third kappa shape index (κ3) is 5.18. The Kier molecular flexibility index (Phi) is 7.32. The molecule has 0 saturated heterocycles. The van der Waals surface area contributed by atoms with Gasteiger partial charge in [0.1, 0.15) is 5.00 Å². The highest BCUT2D eigenvalue weighted by Gasteiger charge is 2.27. The standard InChI is InChI=1S/C21H29N3O3S2/c1-5-27-20(25)18-15-8-6-7-9-16(15)29-19(18)23-21(26)22-10-14-12-28-17(13(14)2)11-24(3)4/h12H,5-11H2,1-4H3,(H2,22,23,26). The molecule has 0 bridgehead atoms. The number of esters is 1. The van der Waals surface area contributed by atoms with Gasteiger partial charge in [-0.15, -0.1) is 22.7 Å². The SMILES string of the molecule is CCOC(=O)c1c(NC(=O)NCc2csc(CN(C)C)c2C)sc2c1CCCC2. The summed E-state index contributed by atoms with van der Waals surface area (Å²) < 4.78 is 5.25. The van der Waals surface area contributed by atoms with Crippen molar-refractivity contribution in [3.8, 4) is 0 Å². The molecule has 2 aromatic rings. The molecule has 2 N–H and O–H groups in total. The molecule has 3 rings (SSSR count). The smallest absolute Gasteiger partial charge is 0.341 e. The van der Waals surface area contributed by atoms with E-state index in [1.54, 1.807) is 18.3 Å². The van der Waals surface area contributed by atoms with E-state index in [-0.39, 0.29) is 12.0 Å². The van der Waals surface area contributed by atoms with E-state index < -0.39 is 0 Å². The van der Waals surface area contributed by atoms with E-state index in [0.29, 0.717) is 23.7 Å². The van der Waals surface area contributed by atoms with Gasteiger partial charge in [0, 0.05) is 22.8 Å². The van der Waals surface area contributed by atoms with Gasteiger partial charge in [0.2, 0.25) is 0 Å². The summed E-state index contributed by atoms with van der Waals surface area (Å²) in [5.41, 5.74) is 3.94. The third-order valence-electron chi connectivity index (χ3n) is 5.02. The van der Waals surface area contributed by atoms with E-state index >= 15 is 0 Å². The summed E-state index contributed by atoms with van der Waals surface area (Å²) in [4.78, 5) is 29.7. The first-order valence-electron chi connectivity index (χ1n) is 9.97. The van der Waals surface area contributed by atoms with Gasteiger partial charge in [0.15, 0.2) is 0 Å². The molecule has 158 valence electrons. The summed E-state index contributed by atoms with van der Waals surface area (Å²) in [6.07, 6.45) is 4.01. The number of hydrogen-bond donors (Lipinski definition) is 2. The van der Waals surface area contributed by atoms with Crippen LogP contribution in [0.25, 0.3) is 0 Å². The molecule has 2 amide bonds. The number of anilines is 1. The highest BCUT2D eigenvalue weighted by atomic mass is 32.1. The number of rotatable bonds is 7. The molecule has 0 unspecified atom stereocenters. The number of aryl methyl sites for hydroxylation is 1. The summed E-state index contributed by atoms with van der Waals surface area (Å²) in [6.45, 7) is 5.57. The van der Waals surface area contributed by atoms with E-state index in [2.05, 4.69) is 27.8 Å². The lowest BCUT2D eigenvalue weighted by Crippen LogP contribution is -2.28. The lowest BCUT2D eigenvalue weighted by Gasteiger charge is -2.12. The number of carbonyl (C=O) groups is 2. The third-order valence-corrected chi connectivity index (χ3v) is 7.35. The van der Waals surface area contributed by atoms with Crippen molar-refractivity contribution in [2.45, 2.75) is 52.6 Å². The zero-order chi connectivity index (χ0) is 21.0. The van der Waals surface area contributed by atoms with Gasteiger partial charge in [-0.1, -0.05) is 0 Å². The van der Waals surface area contributed by atoms with Crippen LogP contribution in [0.2, 0.25) is 0 Å². The summed E-state index contributed by atoms with van der Waals surface area (Å²) in [5.74, 6) is -0.343. The second kappa shape index (κ2) is 9.73. The topological polar surface area (TPSA) is 70.7 Å². The molecular formula is C21H29N3O3S2. The Morgan fingerprint density at radius 1 is 1.24 bits per heavy atom. The second-order valence-corrected chi connectivity index (χ2v) is 9.56. The van der Waals surface area contributed by atoms with Crippen LogP contribution in [0, 0.1) is 6.92 Å². The molecular weight excluding hydrogens is 406 g/mol. The average molecular weight is 436 g/mol. The Balaban J connectivity index is 1.69. The van der Waals surface area contributed by atoms with Crippen LogP contribution in [0.4, 0.5) is 9.80 Å². The van der Waals surface area contributed by atoms with E-state index in [4.69, 9.17) is 4.74 Å². The predicted octanol–water partition coefficient (Wildman–Crippen LogP) is 4.56. The zero-order valence-corrected chi connectivity index (χ0v) is 19.1. The summed E-state index contributed by atoms with van der Waals surface area (Å²) in [7, 11) is 4.10. The normalized spacial score (nSPS) is 13.3. The maximum absolute atomic E-state index is 12.6. The van der Waals surface area contributed by atoms with E-state index in [1.807, 2.05) is 14.1 Å². The summed E-state index contributed by atoms with van der Waals surface area (Å²) in [6, 6.07) is -0.297. The predicted molar refractivity (Wildman–Crippen MR) is 119 cm³/mol. The van der Waals surface area contributed by atoms with Gasteiger partial charge in [-0.05, 0) is 75.7 Å². The van der Waals surface area contributed by atoms with Crippen molar-refractivity contribution in [1.82, 2.24) is 10.2 Å². The van der Waals surface area contributed by atoms with Crippen LogP contribution in [0.5, 0.6) is 0 Å². The minimum absolute atomic E-state index is 0.297. The molecule has 2 heterocycles. The first-order chi connectivity index (χ1) is 13.9. The first kappa shape index (κ1) is 21.8. The van der Waals surface area contributed by atoms with Crippen LogP contribution in [-0.2, 0) is 30.7 Å². The van der Waals surface area contributed by atoms with Crippen molar-refractivity contribution in [2.24, 2.45) is 0 Å². The van der Waals surface area contributed by atoms with Crippen molar-refractivity contribution in [1.29, 1.82) is 0 Å². The maximum atomic E-state index is 12.6. The van der Waals surface area contributed by atoms with Crippen LogP contribution in [0.15, 0.2) is 5.38 Å². The fourth-order valence-electron chi connectivity index (χ4n) is 3.51. The molecule has 0 radical (unpaired) electrons. The lowest BCUT2D eigenvalue weighted by molar-refractivity contribution is 0.0526. The molecule has 1 aliphatic rings. The van der Waals surface area contributed by atoms with Crippen LogP contribution in [0.1, 0.15) is 56.6 Å². The number of fused-ring (bicyclic) bond motifs is 1. The highest BCUT2D eigenvalue weighted by molar-refractivity contribution is 7.17. The van der Waals surface area contributed by atoms with Crippen LogP contribution < -0.4 is 10.6 Å². The zero-order valence-electron chi connectivity index (χ0n) is 17.5. The van der Waals surface area contributed by atoms with Gasteiger partial charge in [-0.3, -0.25) is 5.32 Å². The summed E-state index contributed by atoms with van der Waals surface area (Å²) >= 11 is 3.22. The second-order valence-electron chi connectivity index (χ2n) is 7.49. The lowest BCUT2D eigenvalue weighted by atomic mass is 9.95. The van der Waals surface area contributed by atoms with Crippen molar-refractivity contribution < 1.29 is 14.3 Å². The van der Waals surface area contributed by atoms with Crippen molar-refractivity contribution >= 4 is 39.7 Å². The van der Waals surface area contributed by atoms with E-state index in [1.165, 1.54) is 26.7 Å². The Morgan fingerprint density at radius 3 is 2.72 bits per heavy atom. The Hall–Kier alpha value is -1.90. The number of carbonyl (C=O) groups excluding carboxylic acids is 2. The van der Waals surface area contributed by atoms with Crippen molar-refractivity contribution in [2.75, 3.05) is 26.0 Å². The Morgan fingerprint density at radius 2 is 2.00 bits per heavy atom. The molecule has 0 spiro atoms. The van der Waals surface area contributed by atoms with E-state index in [9.17, 15) is 9.59 Å². The average Bonchev–Trinajstić information content (AvgIpc) is 3.20. The molecule has 0 aromatic carbocycles. The number of thiophene rings is 2. The maximum Gasteiger partial charge on any atom is 0.341 e. The quantitative estimate of drug-likeness (QED) is 0.626. The van der Waals surface area contributed by atoms with Crippen LogP contribution in [0.3, 0.4) is 0 Å². The number of ether oxygens (including phenoxy) is 1. The van der Waals surface area contributed by atoms with Crippen LogP contribution >= 0.6 is 22.7 Å². The van der Waals surface area contributed by atoms with Gasteiger partial charge in [-0.25, -0.2) is 9.59 Å². The van der Waals surface area contributed by atoms with Gasteiger partial charge >= 0.3 is 12.0 Å². The van der Waals surface area contributed by atoms with Gasteiger partial charge < -0.3 is 15.0 Å². The number of amides is 2. The molecule has 0 fully saturated rings. The number of nitrogens with one attached hydrogen (secondary N) is 2. The number of hydrogen-bond acceptors (Lipinski definition) is 6. The van der Waals surface area contributed by atoms with Gasteiger partial charge in [0.05, 0.1) is 12.2 Å². The molecule has 2 aromatic heterocycles.